The number of likely N-dealkylation sites (tertiary alicyclic amines) is 1. The Labute approximate surface area is 380 Å². The third kappa shape index (κ3) is 14.2. The number of amides is 1. The van der Waals surface area contributed by atoms with Gasteiger partial charge in [-0.3, -0.25) is 14.6 Å². The highest BCUT2D eigenvalue weighted by atomic mass is 16.5. The minimum atomic E-state index is -0.262. The van der Waals surface area contributed by atoms with Gasteiger partial charge in [-0.2, -0.15) is 15.0 Å². The van der Waals surface area contributed by atoms with Gasteiger partial charge in [0.25, 0.3) is 0 Å². The van der Waals surface area contributed by atoms with Gasteiger partial charge in [0, 0.05) is 76.4 Å². The smallest absolute Gasteiger partial charge is 0.231 e. The molecule has 4 aliphatic heterocycles. The van der Waals surface area contributed by atoms with Crippen molar-refractivity contribution in [2.24, 2.45) is 5.41 Å². The van der Waals surface area contributed by atoms with E-state index in [1.165, 1.54) is 19.3 Å². The Balaban J connectivity index is 0.000000296. The van der Waals surface area contributed by atoms with Gasteiger partial charge in [-0.05, 0) is 155 Å². The van der Waals surface area contributed by atoms with Crippen LogP contribution in [0, 0.1) is 12.3 Å². The second-order valence-electron chi connectivity index (χ2n) is 24.4. The molecule has 0 saturated carbocycles. The lowest BCUT2D eigenvalue weighted by atomic mass is 9.76. The van der Waals surface area contributed by atoms with E-state index in [4.69, 9.17) is 19.7 Å². The lowest BCUT2D eigenvalue weighted by Crippen LogP contribution is -2.65. The van der Waals surface area contributed by atoms with E-state index in [1.807, 2.05) is 6.92 Å². The maximum atomic E-state index is 13.4. The van der Waals surface area contributed by atoms with Gasteiger partial charge in [0.15, 0.2) is 0 Å². The van der Waals surface area contributed by atoms with Gasteiger partial charge >= 0.3 is 0 Å². The molecule has 1 amide bonds. The number of morpholine rings is 1. The number of aromatic nitrogens is 3. The van der Waals surface area contributed by atoms with E-state index in [9.17, 15) is 4.79 Å². The van der Waals surface area contributed by atoms with E-state index in [0.717, 1.165) is 95.4 Å². The van der Waals surface area contributed by atoms with Crippen molar-refractivity contribution in [3.63, 3.8) is 0 Å². The molecule has 0 spiro atoms. The molecule has 4 aliphatic rings. The average Bonchev–Trinajstić information content (AvgIpc) is 3.13. The van der Waals surface area contributed by atoms with Crippen molar-refractivity contribution in [2.45, 2.75) is 240 Å². The van der Waals surface area contributed by atoms with Crippen LogP contribution in [0.4, 0.5) is 11.9 Å². The summed E-state index contributed by atoms with van der Waals surface area (Å²) in [6, 6.07) is 1.13. The zero-order valence-corrected chi connectivity index (χ0v) is 43.6. The molecule has 4 saturated heterocycles. The van der Waals surface area contributed by atoms with Crippen LogP contribution in [0.3, 0.4) is 0 Å². The molecule has 5 rings (SSSR count). The Kier molecular flexibility index (Phi) is 17.1. The number of hydrogen-bond donors (Lipinski definition) is 2. The summed E-state index contributed by atoms with van der Waals surface area (Å²) in [5.41, 5.74) is 0.209. The first-order valence-electron chi connectivity index (χ1n) is 24.6. The summed E-state index contributed by atoms with van der Waals surface area (Å²) in [6.07, 6.45) is 12.2. The topological polar surface area (TPSA) is 105 Å². The summed E-state index contributed by atoms with van der Waals surface area (Å²) in [6.45, 7) is 43.2. The Hall–Kier alpha value is -2.12. The molecule has 12 nitrogen and oxygen atoms in total. The highest BCUT2D eigenvalue weighted by Gasteiger charge is 2.47. The van der Waals surface area contributed by atoms with Gasteiger partial charge in [-0.1, -0.05) is 47.0 Å². The number of nitrogens with one attached hydrogen (secondary N) is 2. The number of aryl methyl sites for hydroxylation is 1. The van der Waals surface area contributed by atoms with Crippen LogP contribution in [0.5, 0.6) is 0 Å². The fraction of sp³-hybridized carbons (Fsp3) is 0.920. The van der Waals surface area contributed by atoms with Crippen molar-refractivity contribution in [3.05, 3.63) is 5.82 Å². The molecule has 0 bridgehead atoms. The van der Waals surface area contributed by atoms with Crippen LogP contribution >= 0.6 is 0 Å². The summed E-state index contributed by atoms with van der Waals surface area (Å²) < 4.78 is 5.58. The molecule has 1 aromatic rings. The largest absolute Gasteiger partial charge is 0.378 e. The van der Waals surface area contributed by atoms with E-state index in [0.29, 0.717) is 37.2 Å². The van der Waals surface area contributed by atoms with E-state index in [1.54, 1.807) is 0 Å². The number of carbonyl (C=O) groups is 1. The third-order valence-electron chi connectivity index (χ3n) is 14.8. The number of carbonyl (C=O) groups excluding carboxylic acids is 1. The molecule has 2 N–H and O–H groups in total. The van der Waals surface area contributed by atoms with Gasteiger partial charge in [0.05, 0.1) is 19.9 Å². The van der Waals surface area contributed by atoms with E-state index in [-0.39, 0.29) is 38.6 Å². The van der Waals surface area contributed by atoms with Crippen LogP contribution in [0.2, 0.25) is 0 Å². The summed E-state index contributed by atoms with van der Waals surface area (Å²) in [4.78, 5) is 40.2. The molecule has 4 fully saturated rings. The summed E-state index contributed by atoms with van der Waals surface area (Å²) >= 11 is 0. The highest BCUT2D eigenvalue weighted by molar-refractivity contribution is 5.82. The van der Waals surface area contributed by atoms with Crippen molar-refractivity contribution in [3.8, 4) is 0 Å². The standard InChI is InChI=1S/C28H52N8O.C22H44N2O/c1-20-29-23(35-11-13-37-14-12-35)31-24(30-20)36(22-17-27(6,7)33-28(8,9)18-22)19-34(10)21-15-25(2,3)32-26(4,5)16-21;1-10-12-13-14-15-24(19(25)20(3,4)11-2)18-16-21(5,6)23(9)22(7,8)17-18/h21-22,32-33H,11-19H2,1-10H3;18H,10-17H2,1-9H3. The normalized spacial score (nSPS) is 24.0. The van der Waals surface area contributed by atoms with Crippen LogP contribution in [0.25, 0.3) is 0 Å². The van der Waals surface area contributed by atoms with E-state index in [2.05, 4.69) is 160 Å². The maximum Gasteiger partial charge on any atom is 0.231 e. The molecule has 5 heterocycles. The predicted molar refractivity (Wildman–Crippen MR) is 260 cm³/mol. The zero-order valence-electron chi connectivity index (χ0n) is 43.6. The fourth-order valence-corrected chi connectivity index (χ4v) is 11.5. The van der Waals surface area contributed by atoms with Gasteiger partial charge in [-0.25, -0.2) is 0 Å². The molecule has 0 unspecified atom stereocenters. The number of unbranched alkanes of at least 4 members (excludes halogenated alkanes) is 3. The maximum absolute atomic E-state index is 13.4. The number of rotatable bonds is 14. The Morgan fingerprint density at radius 2 is 1.23 bits per heavy atom. The van der Waals surface area contributed by atoms with Gasteiger partial charge in [0.1, 0.15) is 5.82 Å². The van der Waals surface area contributed by atoms with Crippen LogP contribution in [0.15, 0.2) is 0 Å². The minimum absolute atomic E-state index is 0.0249. The van der Waals surface area contributed by atoms with Crippen molar-refractivity contribution in [2.75, 3.05) is 63.4 Å². The molecule has 0 radical (unpaired) electrons. The van der Waals surface area contributed by atoms with Crippen molar-refractivity contribution in [1.29, 1.82) is 0 Å². The lowest BCUT2D eigenvalue weighted by molar-refractivity contribution is -0.147. The minimum Gasteiger partial charge on any atom is -0.378 e. The Morgan fingerprint density at radius 1 is 0.726 bits per heavy atom. The molecule has 0 aliphatic carbocycles. The molecule has 62 heavy (non-hydrogen) atoms. The molecule has 12 heteroatoms. The molecule has 0 atom stereocenters. The number of anilines is 2. The third-order valence-corrected chi connectivity index (χ3v) is 14.8. The molecular formula is C50H96N10O2. The highest BCUT2D eigenvalue weighted by Crippen LogP contribution is 2.41. The average molecular weight is 869 g/mol. The molecule has 1 aromatic heterocycles. The lowest BCUT2D eigenvalue weighted by Gasteiger charge is -2.56. The monoisotopic (exact) mass is 869 g/mol. The van der Waals surface area contributed by atoms with Crippen LogP contribution in [-0.2, 0) is 9.53 Å². The van der Waals surface area contributed by atoms with Gasteiger partial charge in [0.2, 0.25) is 17.8 Å². The first-order chi connectivity index (χ1) is 28.4. The predicted octanol–water partition coefficient (Wildman–Crippen LogP) is 8.81. The van der Waals surface area contributed by atoms with E-state index >= 15 is 0 Å². The van der Waals surface area contributed by atoms with Crippen LogP contribution < -0.4 is 20.4 Å². The number of piperidine rings is 3. The van der Waals surface area contributed by atoms with Crippen LogP contribution in [0.1, 0.15) is 187 Å². The Bertz CT molecular complexity index is 1550. The van der Waals surface area contributed by atoms with Crippen molar-refractivity contribution >= 4 is 17.8 Å². The molecule has 0 aromatic carbocycles. The zero-order chi connectivity index (χ0) is 46.7. The van der Waals surface area contributed by atoms with Gasteiger partial charge in [-0.15, -0.1) is 0 Å². The molecular weight excluding hydrogens is 773 g/mol. The van der Waals surface area contributed by atoms with Crippen molar-refractivity contribution < 1.29 is 9.53 Å². The molecule has 358 valence electrons. The summed E-state index contributed by atoms with van der Waals surface area (Å²) in [5, 5.41) is 7.70. The quantitative estimate of drug-likeness (QED) is 0.139. The van der Waals surface area contributed by atoms with E-state index < -0.39 is 0 Å². The summed E-state index contributed by atoms with van der Waals surface area (Å²) in [7, 11) is 4.52. The Morgan fingerprint density at radius 3 is 1.71 bits per heavy atom. The number of nitrogens with zero attached hydrogens (tertiary/aromatic N) is 8. The fourth-order valence-electron chi connectivity index (χ4n) is 11.5. The first kappa shape index (κ1) is 52.5. The first-order valence-corrected chi connectivity index (χ1v) is 24.6. The van der Waals surface area contributed by atoms with Crippen molar-refractivity contribution in [1.82, 2.24) is 40.3 Å². The number of hydrogen-bond acceptors (Lipinski definition) is 11. The second-order valence-corrected chi connectivity index (χ2v) is 24.4. The van der Waals surface area contributed by atoms with Gasteiger partial charge < -0.3 is 30.1 Å². The summed E-state index contributed by atoms with van der Waals surface area (Å²) in [5.74, 6) is 2.70. The SMILES string of the molecule is CCCCCCN(C(=O)C(C)(C)CC)C1CC(C)(C)N(C)C(C)(C)C1.Cc1nc(N2CCOCC2)nc(N(CN(C)C2CC(C)(C)NC(C)(C)C2)C2CC(C)(C)NC(C)(C)C2)n1. The second kappa shape index (κ2) is 20.2. The van der Waals surface area contributed by atoms with Crippen LogP contribution in [-0.4, -0.2) is 141 Å². The number of ether oxygens (including phenoxy) is 1.